The molecule has 0 unspecified atom stereocenters. The Balaban J connectivity index is 1.49. The van der Waals surface area contributed by atoms with Gasteiger partial charge in [-0.15, -0.1) is 5.10 Å². The first kappa shape index (κ1) is 31.8. The zero-order chi connectivity index (χ0) is 31.2. The lowest BCUT2D eigenvalue weighted by atomic mass is 9.95. The number of methoxy groups -OCH3 is 1. The fourth-order valence-electron chi connectivity index (χ4n) is 3.83. The molecule has 2 aromatic heterocycles. The van der Waals surface area contributed by atoms with Crippen LogP contribution in [0.15, 0.2) is 60.8 Å². The van der Waals surface area contributed by atoms with Crippen LogP contribution >= 0.6 is 0 Å². The Bertz CT molecular complexity index is 1540. The van der Waals surface area contributed by atoms with Crippen LogP contribution < -0.4 is 9.47 Å². The van der Waals surface area contributed by atoms with E-state index in [4.69, 9.17) is 18.9 Å². The van der Waals surface area contributed by atoms with Crippen molar-refractivity contribution in [2.45, 2.75) is 46.3 Å². The zero-order valence-electron chi connectivity index (χ0n) is 25.2. The normalized spacial score (nSPS) is 11.8. The van der Waals surface area contributed by atoms with E-state index < -0.39 is 25.1 Å². The maximum atomic E-state index is 14.3. The number of pyridine rings is 1. The van der Waals surface area contributed by atoms with Crippen LogP contribution in [0.4, 0.5) is 8.78 Å². The van der Waals surface area contributed by atoms with Crippen molar-refractivity contribution in [1.82, 2.24) is 19.7 Å². The third-order valence-corrected chi connectivity index (χ3v) is 8.18. The van der Waals surface area contributed by atoms with Crippen molar-refractivity contribution < 1.29 is 32.5 Å². The van der Waals surface area contributed by atoms with Gasteiger partial charge in [-0.05, 0) is 43.7 Å². The summed E-state index contributed by atoms with van der Waals surface area (Å²) < 4.78 is 51.2. The first-order chi connectivity index (χ1) is 20.3. The van der Waals surface area contributed by atoms with E-state index in [1.165, 1.54) is 17.9 Å². The van der Waals surface area contributed by atoms with E-state index in [-0.39, 0.29) is 31.1 Å². The lowest BCUT2D eigenvalue weighted by molar-refractivity contribution is -0.152. The molecule has 0 atom stereocenters. The summed E-state index contributed by atoms with van der Waals surface area (Å²) in [5.41, 5.74) is 1.66. The minimum Gasteiger partial charge on any atom is -0.476 e. The van der Waals surface area contributed by atoms with Gasteiger partial charge in [-0.25, -0.2) is 13.8 Å². The van der Waals surface area contributed by atoms with Crippen molar-refractivity contribution >= 4 is 14.0 Å². The summed E-state index contributed by atoms with van der Waals surface area (Å²) in [6, 6.07) is 15.2. The molecule has 0 spiro atoms. The van der Waals surface area contributed by atoms with Crippen molar-refractivity contribution in [2.75, 3.05) is 20.3 Å². The lowest BCUT2D eigenvalue weighted by Crippen LogP contribution is -2.32. The van der Waals surface area contributed by atoms with E-state index in [0.29, 0.717) is 23.9 Å². The van der Waals surface area contributed by atoms with E-state index in [2.05, 4.69) is 34.7 Å². The van der Waals surface area contributed by atoms with E-state index in [1.54, 1.807) is 26.1 Å². The molecule has 43 heavy (non-hydrogen) atoms. The van der Waals surface area contributed by atoms with Crippen molar-refractivity contribution in [3.05, 3.63) is 72.4 Å². The van der Waals surface area contributed by atoms with Gasteiger partial charge >= 0.3 is 12.0 Å². The topological polar surface area (TPSA) is 97.6 Å². The summed E-state index contributed by atoms with van der Waals surface area (Å²) in [5.74, 6) is -1.34. The van der Waals surface area contributed by atoms with Crippen LogP contribution in [-0.4, -0.2) is 54.1 Å². The molecule has 0 fully saturated rings. The second-order valence-corrected chi connectivity index (χ2v) is 17.5. The average Bonchev–Trinajstić information content (AvgIpc) is 3.37. The van der Waals surface area contributed by atoms with Gasteiger partial charge in [0, 0.05) is 44.1 Å². The lowest BCUT2D eigenvalue weighted by Gasteiger charge is -2.21. The largest absolute Gasteiger partial charge is 0.476 e. The Labute approximate surface area is 250 Å². The van der Waals surface area contributed by atoms with E-state index in [9.17, 15) is 13.6 Å². The predicted octanol–water partition coefficient (Wildman–Crippen LogP) is 6.97. The number of nitrogens with zero attached hydrogens (tertiary/aromatic N) is 4. The highest BCUT2D eigenvalue weighted by Crippen LogP contribution is 2.29. The van der Waals surface area contributed by atoms with Crippen molar-refractivity contribution in [2.24, 2.45) is 5.41 Å². The van der Waals surface area contributed by atoms with Gasteiger partial charge in [0.15, 0.2) is 17.4 Å². The Hall–Kier alpha value is -4.16. The molecule has 0 saturated heterocycles. The number of ether oxygens (including phenoxy) is 4. The van der Waals surface area contributed by atoms with Gasteiger partial charge in [-0.1, -0.05) is 43.9 Å². The smallest absolute Gasteiger partial charge is 0.323 e. The number of halogens is 2. The number of hydrogen-bond acceptors (Lipinski definition) is 8. The fourth-order valence-corrected chi connectivity index (χ4v) is 4.59. The SMILES string of the molecule is COC(=O)C(C)(C)COc1ccc(-c2ccc(-c3nc(Oc4ccc(F)cc4F)n(COCC[Si](C)(C)C)n3)cc2)cn1. The number of carbonyl (C=O) groups is 1. The van der Waals surface area contributed by atoms with Gasteiger partial charge in [0.2, 0.25) is 5.88 Å². The van der Waals surface area contributed by atoms with Gasteiger partial charge in [0.05, 0.1) is 12.5 Å². The predicted molar refractivity (Wildman–Crippen MR) is 161 cm³/mol. The third-order valence-electron chi connectivity index (χ3n) is 6.47. The average molecular weight is 611 g/mol. The molecule has 12 heteroatoms. The maximum Gasteiger partial charge on any atom is 0.323 e. The maximum absolute atomic E-state index is 14.3. The number of carbonyl (C=O) groups excluding carboxylic acids is 1. The molecule has 2 heterocycles. The number of rotatable bonds is 13. The second kappa shape index (κ2) is 13.4. The summed E-state index contributed by atoms with van der Waals surface area (Å²) in [6.07, 6.45) is 1.68. The monoisotopic (exact) mass is 610 g/mol. The molecular formula is C31H36F2N4O5Si. The molecule has 0 aliphatic carbocycles. The van der Waals surface area contributed by atoms with Crippen LogP contribution in [0.5, 0.6) is 17.6 Å². The summed E-state index contributed by atoms with van der Waals surface area (Å²) >= 11 is 0. The van der Waals surface area contributed by atoms with Crippen LogP contribution in [0, 0.1) is 17.0 Å². The summed E-state index contributed by atoms with van der Waals surface area (Å²) in [6.45, 7) is 11.0. The number of hydrogen-bond donors (Lipinski definition) is 0. The molecule has 0 N–H and O–H groups in total. The first-order valence-electron chi connectivity index (χ1n) is 13.8. The Morgan fingerprint density at radius 1 is 0.977 bits per heavy atom. The Morgan fingerprint density at radius 3 is 2.30 bits per heavy atom. The third kappa shape index (κ3) is 8.68. The number of esters is 1. The highest BCUT2D eigenvalue weighted by Gasteiger charge is 2.30. The van der Waals surface area contributed by atoms with Crippen LogP contribution in [-0.2, 0) is 21.0 Å². The van der Waals surface area contributed by atoms with Crippen LogP contribution in [0.3, 0.4) is 0 Å². The minimum atomic E-state index is -1.30. The van der Waals surface area contributed by atoms with E-state index in [1.807, 2.05) is 30.3 Å². The molecular weight excluding hydrogens is 574 g/mol. The Kier molecular flexibility index (Phi) is 9.92. The van der Waals surface area contributed by atoms with Gasteiger partial charge in [-0.3, -0.25) is 4.79 Å². The molecule has 0 saturated carbocycles. The number of benzene rings is 2. The van der Waals surface area contributed by atoms with E-state index in [0.717, 1.165) is 29.3 Å². The molecule has 0 radical (unpaired) electrons. The molecule has 0 aliphatic heterocycles. The van der Waals surface area contributed by atoms with Crippen LogP contribution in [0.1, 0.15) is 13.8 Å². The van der Waals surface area contributed by atoms with Crippen molar-refractivity contribution in [3.8, 4) is 40.2 Å². The van der Waals surface area contributed by atoms with Gasteiger partial charge in [0.1, 0.15) is 19.2 Å². The Morgan fingerprint density at radius 2 is 1.67 bits per heavy atom. The van der Waals surface area contributed by atoms with E-state index >= 15 is 0 Å². The van der Waals surface area contributed by atoms with Gasteiger partial charge < -0.3 is 18.9 Å². The molecule has 4 rings (SSSR count). The van der Waals surface area contributed by atoms with Crippen LogP contribution in [0.2, 0.25) is 25.7 Å². The highest BCUT2D eigenvalue weighted by atomic mass is 28.3. The van der Waals surface area contributed by atoms with Crippen molar-refractivity contribution in [3.63, 3.8) is 0 Å². The van der Waals surface area contributed by atoms with Gasteiger partial charge in [-0.2, -0.15) is 9.67 Å². The summed E-state index contributed by atoms with van der Waals surface area (Å²) in [7, 11) is 0.0443. The first-order valence-corrected chi connectivity index (χ1v) is 17.5. The molecule has 228 valence electrons. The highest BCUT2D eigenvalue weighted by molar-refractivity contribution is 6.76. The summed E-state index contributed by atoms with van der Waals surface area (Å²) in [4.78, 5) is 20.7. The van der Waals surface area contributed by atoms with Crippen LogP contribution in [0.25, 0.3) is 22.5 Å². The molecule has 0 aliphatic rings. The quantitative estimate of drug-likeness (QED) is 0.0910. The molecule has 9 nitrogen and oxygen atoms in total. The fraction of sp³-hybridized carbons (Fsp3) is 0.355. The van der Waals surface area contributed by atoms with Gasteiger partial charge in [0.25, 0.3) is 0 Å². The molecule has 0 amide bonds. The molecule has 4 aromatic rings. The zero-order valence-corrected chi connectivity index (χ0v) is 26.2. The number of aromatic nitrogens is 4. The van der Waals surface area contributed by atoms with Crippen molar-refractivity contribution in [1.29, 1.82) is 0 Å². The molecule has 0 bridgehead atoms. The minimum absolute atomic E-state index is 0.0211. The second-order valence-electron chi connectivity index (χ2n) is 11.9. The molecule has 2 aromatic carbocycles. The summed E-state index contributed by atoms with van der Waals surface area (Å²) in [5, 5.41) is 4.54. The standard InChI is InChI=1S/C31H36F2N4O5Si/c1-31(2,29(38)39-3)19-41-27-14-11-23(18-34-27)21-7-9-22(10-8-21)28-35-30(42-26-13-12-24(32)17-25(26)33)37(36-28)20-40-15-16-43(4,5)6/h7-14,17-18H,15-16,19-20H2,1-6H3.